The van der Waals surface area contributed by atoms with E-state index in [1.165, 1.54) is 0 Å². The lowest BCUT2D eigenvalue weighted by atomic mass is 10.0. The molecule has 0 saturated carbocycles. The van der Waals surface area contributed by atoms with E-state index in [0.717, 1.165) is 22.3 Å². The second-order valence-electron chi connectivity index (χ2n) is 6.29. The van der Waals surface area contributed by atoms with Crippen molar-refractivity contribution in [2.75, 3.05) is 5.32 Å². The predicted molar refractivity (Wildman–Crippen MR) is 103 cm³/mol. The van der Waals surface area contributed by atoms with Crippen molar-refractivity contribution in [1.29, 1.82) is 0 Å². The fourth-order valence-electron chi connectivity index (χ4n) is 3.12. The van der Waals surface area contributed by atoms with Gasteiger partial charge in [0.15, 0.2) is 0 Å². The van der Waals surface area contributed by atoms with Crippen molar-refractivity contribution in [2.45, 2.75) is 19.4 Å². The third kappa shape index (κ3) is 3.13. The van der Waals surface area contributed by atoms with Crippen LogP contribution in [-0.4, -0.2) is 27.9 Å². The number of nitrogens with one attached hydrogen (secondary N) is 2. The van der Waals surface area contributed by atoms with Gasteiger partial charge in [0.2, 0.25) is 5.91 Å². The van der Waals surface area contributed by atoms with Crippen LogP contribution in [0.25, 0.3) is 0 Å². The Morgan fingerprint density at radius 2 is 2.04 bits per heavy atom. The topological polar surface area (TPSA) is 70.1 Å². The largest absolute Gasteiger partial charge is 0.324 e. The highest BCUT2D eigenvalue weighted by atomic mass is 35.5. The van der Waals surface area contributed by atoms with Gasteiger partial charge in [0, 0.05) is 28.8 Å². The average Bonchev–Trinajstić information content (AvgIpc) is 3.12. The molecule has 0 bridgehead atoms. The highest BCUT2D eigenvalue weighted by molar-refractivity contribution is 6.32. The van der Waals surface area contributed by atoms with Gasteiger partial charge in [0.25, 0.3) is 0 Å². The molecule has 0 saturated heterocycles. The number of carbonyl (C=O) groups excluding carboxylic acids is 1. The molecule has 0 radical (unpaired) electrons. The van der Waals surface area contributed by atoms with Crippen molar-refractivity contribution in [3.63, 3.8) is 0 Å². The lowest BCUT2D eigenvalue weighted by molar-refractivity contribution is -0.117. The fourth-order valence-corrected chi connectivity index (χ4v) is 3.29. The van der Waals surface area contributed by atoms with Crippen LogP contribution in [0.15, 0.2) is 59.9 Å². The molecule has 2 heterocycles. The van der Waals surface area contributed by atoms with Gasteiger partial charge in [-0.1, -0.05) is 35.9 Å². The Kier molecular flexibility index (Phi) is 4.31. The van der Waals surface area contributed by atoms with Crippen molar-refractivity contribution in [1.82, 2.24) is 10.2 Å². The van der Waals surface area contributed by atoms with Gasteiger partial charge in [0.1, 0.15) is 6.04 Å². The number of aryl methyl sites for hydroxylation is 1. The van der Waals surface area contributed by atoms with Gasteiger partial charge >= 0.3 is 0 Å². The second kappa shape index (κ2) is 6.77. The molecule has 6 heteroatoms. The van der Waals surface area contributed by atoms with E-state index in [0.29, 0.717) is 22.8 Å². The van der Waals surface area contributed by atoms with Gasteiger partial charge in [-0.15, -0.1) is 0 Å². The molecule has 2 N–H and O–H groups in total. The van der Waals surface area contributed by atoms with E-state index < -0.39 is 6.04 Å². The standard InChI is InChI=1S/C20H17ClN4O/c1-12-4-2-3-5-13(12)8-18-20(26)25-17-7-6-15(21)9-16(17)19(24-18)14-10-22-23-11-14/h2-7,9-11,18H,8H2,1H3,(H,22,23)(H,25,26). The Balaban J connectivity index is 1.82. The fraction of sp³-hybridized carbons (Fsp3) is 0.150. The van der Waals surface area contributed by atoms with E-state index in [4.69, 9.17) is 16.6 Å². The number of aliphatic imine (C=N–C) groups is 1. The lowest BCUT2D eigenvalue weighted by Gasteiger charge is -2.12. The highest BCUT2D eigenvalue weighted by Gasteiger charge is 2.27. The third-order valence-corrected chi connectivity index (χ3v) is 4.76. The molecule has 26 heavy (non-hydrogen) atoms. The normalized spacial score (nSPS) is 16.5. The van der Waals surface area contributed by atoms with E-state index in [2.05, 4.69) is 15.5 Å². The van der Waals surface area contributed by atoms with Crippen molar-refractivity contribution in [2.24, 2.45) is 4.99 Å². The van der Waals surface area contributed by atoms with Crippen LogP contribution in [0.1, 0.15) is 22.3 Å². The summed E-state index contributed by atoms with van der Waals surface area (Å²) in [6.07, 6.45) is 4.00. The Labute approximate surface area is 156 Å². The molecule has 0 aliphatic carbocycles. The molecular formula is C20H17ClN4O. The zero-order valence-electron chi connectivity index (χ0n) is 14.2. The quantitative estimate of drug-likeness (QED) is 0.742. The molecular weight excluding hydrogens is 348 g/mol. The molecule has 1 aliphatic rings. The Morgan fingerprint density at radius 1 is 1.19 bits per heavy atom. The number of benzene rings is 2. The van der Waals surface area contributed by atoms with Gasteiger partial charge in [0.05, 0.1) is 17.6 Å². The van der Waals surface area contributed by atoms with Gasteiger partial charge in [-0.05, 0) is 36.2 Å². The Hall–Kier alpha value is -2.92. The molecule has 0 spiro atoms. The molecule has 0 fully saturated rings. The zero-order chi connectivity index (χ0) is 18.1. The number of carbonyl (C=O) groups is 1. The molecule has 1 unspecified atom stereocenters. The highest BCUT2D eigenvalue weighted by Crippen LogP contribution is 2.28. The number of halogens is 1. The summed E-state index contributed by atoms with van der Waals surface area (Å²) in [4.78, 5) is 17.6. The monoisotopic (exact) mass is 364 g/mol. The zero-order valence-corrected chi connectivity index (χ0v) is 14.9. The maximum absolute atomic E-state index is 12.8. The number of nitrogens with zero attached hydrogens (tertiary/aromatic N) is 2. The molecule has 1 aliphatic heterocycles. The minimum absolute atomic E-state index is 0.129. The number of aromatic amines is 1. The minimum atomic E-state index is -0.535. The summed E-state index contributed by atoms with van der Waals surface area (Å²) in [7, 11) is 0. The first-order valence-corrected chi connectivity index (χ1v) is 8.72. The molecule has 1 aromatic heterocycles. The Bertz CT molecular complexity index is 995. The minimum Gasteiger partial charge on any atom is -0.324 e. The van der Waals surface area contributed by atoms with Crippen molar-refractivity contribution in [3.8, 4) is 0 Å². The first kappa shape index (κ1) is 16.5. The summed E-state index contributed by atoms with van der Waals surface area (Å²) in [6.45, 7) is 2.04. The maximum Gasteiger partial charge on any atom is 0.249 e. The van der Waals surface area contributed by atoms with Crippen LogP contribution in [0.3, 0.4) is 0 Å². The van der Waals surface area contributed by atoms with E-state index in [1.807, 2.05) is 37.3 Å². The average molecular weight is 365 g/mol. The predicted octanol–water partition coefficient (Wildman–Crippen LogP) is 3.77. The van der Waals surface area contributed by atoms with Crippen molar-refractivity contribution in [3.05, 3.63) is 82.1 Å². The van der Waals surface area contributed by atoms with E-state index in [1.54, 1.807) is 24.5 Å². The second-order valence-corrected chi connectivity index (χ2v) is 6.73. The first-order chi connectivity index (χ1) is 12.6. The van der Waals surface area contributed by atoms with Crippen LogP contribution < -0.4 is 5.32 Å². The molecule has 2 aromatic carbocycles. The number of hydrogen-bond donors (Lipinski definition) is 2. The van der Waals surface area contributed by atoms with E-state index >= 15 is 0 Å². The molecule has 4 rings (SSSR count). The Morgan fingerprint density at radius 3 is 2.81 bits per heavy atom. The summed E-state index contributed by atoms with van der Waals surface area (Å²) in [5.41, 5.74) is 5.26. The first-order valence-electron chi connectivity index (χ1n) is 8.34. The van der Waals surface area contributed by atoms with Crippen molar-refractivity contribution < 1.29 is 4.79 Å². The van der Waals surface area contributed by atoms with Crippen LogP contribution in [0.2, 0.25) is 5.02 Å². The number of amides is 1. The number of fused-ring (bicyclic) bond motifs is 1. The summed E-state index contributed by atoms with van der Waals surface area (Å²) in [5.74, 6) is -0.129. The number of benzodiazepines with no additional fused rings is 1. The third-order valence-electron chi connectivity index (χ3n) is 4.53. The van der Waals surface area contributed by atoms with Crippen LogP contribution in [0, 0.1) is 6.92 Å². The summed E-state index contributed by atoms with van der Waals surface area (Å²) in [5, 5.41) is 10.4. The van der Waals surface area contributed by atoms with E-state index in [9.17, 15) is 4.79 Å². The number of anilines is 1. The van der Waals surface area contributed by atoms with Gasteiger partial charge in [-0.25, -0.2) is 0 Å². The molecule has 3 aromatic rings. The van der Waals surface area contributed by atoms with Crippen LogP contribution >= 0.6 is 11.6 Å². The van der Waals surface area contributed by atoms with Crippen LogP contribution in [0.4, 0.5) is 5.69 Å². The number of rotatable bonds is 3. The maximum atomic E-state index is 12.8. The number of aromatic nitrogens is 2. The van der Waals surface area contributed by atoms with Crippen molar-refractivity contribution >= 4 is 28.9 Å². The smallest absolute Gasteiger partial charge is 0.249 e. The lowest BCUT2D eigenvalue weighted by Crippen LogP contribution is -2.27. The molecule has 1 amide bonds. The number of H-pyrrole nitrogens is 1. The molecule has 1 atom stereocenters. The SMILES string of the molecule is Cc1ccccc1CC1N=C(c2cn[nH]c2)c2cc(Cl)ccc2NC1=O. The van der Waals surface area contributed by atoms with E-state index in [-0.39, 0.29) is 5.91 Å². The summed E-state index contributed by atoms with van der Waals surface area (Å²) < 4.78 is 0. The molecule has 130 valence electrons. The summed E-state index contributed by atoms with van der Waals surface area (Å²) in [6, 6.07) is 12.9. The van der Waals surface area contributed by atoms with Gasteiger partial charge in [-0.2, -0.15) is 5.10 Å². The molecule has 5 nitrogen and oxygen atoms in total. The van der Waals surface area contributed by atoms with Crippen LogP contribution in [0.5, 0.6) is 0 Å². The van der Waals surface area contributed by atoms with Gasteiger partial charge < -0.3 is 5.32 Å². The number of hydrogen-bond acceptors (Lipinski definition) is 3. The van der Waals surface area contributed by atoms with Gasteiger partial charge in [-0.3, -0.25) is 14.9 Å². The van der Waals surface area contributed by atoms with Crippen LogP contribution in [-0.2, 0) is 11.2 Å². The summed E-state index contributed by atoms with van der Waals surface area (Å²) >= 11 is 6.19.